The zero-order valence-electron chi connectivity index (χ0n) is 20.7. The van der Waals surface area contributed by atoms with Crippen LogP contribution < -0.4 is 15.0 Å². The van der Waals surface area contributed by atoms with Crippen LogP contribution in [0.1, 0.15) is 51.9 Å². The molecule has 0 aliphatic rings. The fourth-order valence-electron chi connectivity index (χ4n) is 3.43. The van der Waals surface area contributed by atoms with Crippen LogP contribution in [0, 0.1) is 3.57 Å². The Labute approximate surface area is 232 Å². The van der Waals surface area contributed by atoms with Gasteiger partial charge >= 0.3 is 5.97 Å². The fraction of sp³-hybridized carbons (Fsp3) is 0.385. The molecule has 0 fully saturated rings. The van der Waals surface area contributed by atoms with Crippen molar-refractivity contribution in [2.75, 3.05) is 13.2 Å². The summed E-state index contributed by atoms with van der Waals surface area (Å²) in [4.78, 5) is 29.9. The molecule has 36 heavy (non-hydrogen) atoms. The Kier molecular flexibility index (Phi) is 10.3. The lowest BCUT2D eigenvalue weighted by Gasteiger charge is -2.15. The molecular formula is C26H29BrIN3O5. The van der Waals surface area contributed by atoms with Gasteiger partial charge in [0.2, 0.25) is 0 Å². The first-order valence-corrected chi connectivity index (χ1v) is 13.6. The number of fused-ring (bicyclic) bond motifs is 1. The summed E-state index contributed by atoms with van der Waals surface area (Å²) in [5.41, 5.74) is 1.13. The van der Waals surface area contributed by atoms with E-state index in [0.29, 0.717) is 46.8 Å². The highest BCUT2D eigenvalue weighted by Crippen LogP contribution is 2.34. The zero-order valence-corrected chi connectivity index (χ0v) is 24.5. The number of halogens is 2. The van der Waals surface area contributed by atoms with Crippen LogP contribution in [0.5, 0.6) is 11.5 Å². The third-order valence-electron chi connectivity index (χ3n) is 4.98. The van der Waals surface area contributed by atoms with Crippen LogP contribution in [0.4, 0.5) is 0 Å². The predicted octanol–water partition coefficient (Wildman–Crippen LogP) is 5.72. The van der Waals surface area contributed by atoms with E-state index in [-0.39, 0.29) is 18.3 Å². The number of benzene rings is 2. The Bertz CT molecular complexity index is 1320. The summed E-state index contributed by atoms with van der Waals surface area (Å²) in [6.07, 6.45) is 3.88. The van der Waals surface area contributed by atoms with E-state index in [9.17, 15) is 9.59 Å². The van der Waals surface area contributed by atoms with Crippen molar-refractivity contribution in [3.8, 4) is 11.5 Å². The van der Waals surface area contributed by atoms with Crippen molar-refractivity contribution < 1.29 is 19.0 Å². The van der Waals surface area contributed by atoms with Gasteiger partial charge in [-0.15, -0.1) is 0 Å². The van der Waals surface area contributed by atoms with Gasteiger partial charge in [0.05, 0.1) is 33.4 Å². The molecule has 0 aliphatic heterocycles. The lowest BCUT2D eigenvalue weighted by Crippen LogP contribution is -2.22. The van der Waals surface area contributed by atoms with Crippen LogP contribution in [0.3, 0.4) is 0 Å². The maximum atomic E-state index is 13.3. The number of aromatic nitrogens is 2. The fourth-order valence-corrected chi connectivity index (χ4v) is 4.57. The molecule has 0 atom stereocenters. The van der Waals surface area contributed by atoms with Crippen LogP contribution in [0.15, 0.2) is 44.7 Å². The van der Waals surface area contributed by atoms with Gasteiger partial charge in [-0.2, -0.15) is 9.78 Å². The molecule has 10 heteroatoms. The quantitative estimate of drug-likeness (QED) is 0.147. The Balaban J connectivity index is 1.98. The molecule has 192 valence electrons. The average molecular weight is 670 g/mol. The molecule has 0 amide bonds. The first-order valence-electron chi connectivity index (χ1n) is 11.8. The van der Waals surface area contributed by atoms with Gasteiger partial charge in [0.1, 0.15) is 5.82 Å². The number of rotatable bonds is 11. The van der Waals surface area contributed by atoms with Gasteiger partial charge in [-0.05, 0) is 85.7 Å². The molecule has 0 radical (unpaired) electrons. The molecule has 0 unspecified atom stereocenters. The molecule has 0 spiro atoms. The minimum absolute atomic E-state index is 0.221. The van der Waals surface area contributed by atoms with Crippen LogP contribution in [-0.4, -0.2) is 41.2 Å². The minimum atomic E-state index is -0.455. The van der Waals surface area contributed by atoms with E-state index >= 15 is 0 Å². The maximum Gasteiger partial charge on any atom is 0.344 e. The van der Waals surface area contributed by atoms with Gasteiger partial charge in [-0.1, -0.05) is 29.3 Å². The van der Waals surface area contributed by atoms with Crippen molar-refractivity contribution in [2.24, 2.45) is 5.10 Å². The molecule has 0 bridgehead atoms. The molecule has 1 heterocycles. The summed E-state index contributed by atoms with van der Waals surface area (Å²) >= 11 is 5.55. The van der Waals surface area contributed by atoms with Gasteiger partial charge in [0.15, 0.2) is 18.1 Å². The highest BCUT2D eigenvalue weighted by Gasteiger charge is 2.16. The molecule has 3 aromatic rings. The topological polar surface area (TPSA) is 92.0 Å². The monoisotopic (exact) mass is 669 g/mol. The lowest BCUT2D eigenvalue weighted by molar-refractivity contribution is -0.149. The summed E-state index contributed by atoms with van der Waals surface area (Å²) in [6.45, 7) is 7.70. The number of hydrogen-bond donors (Lipinski definition) is 0. The van der Waals surface area contributed by atoms with Crippen LogP contribution in [0.2, 0.25) is 0 Å². The number of esters is 1. The SMILES string of the molecule is CCCCc1nc2ccc(Br)cc2c(=O)n1N=Cc1cc(I)c(OCC(=O)OC(C)C)c(OCC)c1. The first-order chi connectivity index (χ1) is 17.2. The third-order valence-corrected chi connectivity index (χ3v) is 6.28. The molecular weight excluding hydrogens is 641 g/mol. The number of hydrogen-bond acceptors (Lipinski definition) is 7. The van der Waals surface area contributed by atoms with E-state index < -0.39 is 5.97 Å². The van der Waals surface area contributed by atoms with E-state index in [0.717, 1.165) is 20.9 Å². The predicted molar refractivity (Wildman–Crippen MR) is 152 cm³/mol. The largest absolute Gasteiger partial charge is 0.490 e. The molecule has 3 rings (SSSR count). The zero-order chi connectivity index (χ0) is 26.2. The van der Waals surface area contributed by atoms with E-state index in [2.05, 4.69) is 50.5 Å². The summed E-state index contributed by atoms with van der Waals surface area (Å²) in [6, 6.07) is 9.07. The van der Waals surface area contributed by atoms with E-state index in [1.165, 1.54) is 4.68 Å². The Morgan fingerprint density at radius 1 is 1.22 bits per heavy atom. The van der Waals surface area contributed by atoms with Crippen molar-refractivity contribution in [3.05, 3.63) is 60.1 Å². The molecule has 0 aliphatic carbocycles. The second kappa shape index (κ2) is 13.2. The lowest BCUT2D eigenvalue weighted by atomic mass is 10.2. The summed E-state index contributed by atoms with van der Waals surface area (Å²) in [5.74, 6) is 1.08. The second-order valence-electron chi connectivity index (χ2n) is 8.24. The third kappa shape index (κ3) is 7.28. The second-order valence-corrected chi connectivity index (χ2v) is 10.3. The number of ether oxygens (including phenoxy) is 3. The normalized spacial score (nSPS) is 11.4. The first kappa shape index (κ1) is 28.1. The van der Waals surface area contributed by atoms with Gasteiger partial charge in [-0.25, -0.2) is 9.78 Å². The van der Waals surface area contributed by atoms with Gasteiger partial charge in [0, 0.05) is 10.9 Å². The molecule has 2 aromatic carbocycles. The Morgan fingerprint density at radius 2 is 2.00 bits per heavy atom. The van der Waals surface area contributed by atoms with Crippen LogP contribution in [-0.2, 0) is 16.0 Å². The Morgan fingerprint density at radius 3 is 2.69 bits per heavy atom. The molecule has 1 aromatic heterocycles. The highest BCUT2D eigenvalue weighted by atomic mass is 127. The molecule has 0 saturated heterocycles. The summed E-state index contributed by atoms with van der Waals surface area (Å²) < 4.78 is 19.5. The summed E-state index contributed by atoms with van der Waals surface area (Å²) in [7, 11) is 0. The highest BCUT2D eigenvalue weighted by molar-refractivity contribution is 14.1. The van der Waals surface area contributed by atoms with Gasteiger partial charge in [0.25, 0.3) is 5.56 Å². The van der Waals surface area contributed by atoms with Gasteiger partial charge < -0.3 is 14.2 Å². The van der Waals surface area contributed by atoms with Crippen molar-refractivity contribution in [1.29, 1.82) is 0 Å². The van der Waals surface area contributed by atoms with Gasteiger partial charge in [-0.3, -0.25) is 4.79 Å². The van der Waals surface area contributed by atoms with Crippen LogP contribution in [0.25, 0.3) is 10.9 Å². The number of nitrogens with zero attached hydrogens (tertiary/aromatic N) is 3. The Hall–Kier alpha value is -2.47. The summed E-state index contributed by atoms with van der Waals surface area (Å²) in [5, 5.41) is 5.00. The van der Waals surface area contributed by atoms with Crippen LogP contribution >= 0.6 is 38.5 Å². The number of carbonyl (C=O) groups excluding carboxylic acids is 1. The smallest absolute Gasteiger partial charge is 0.344 e. The average Bonchev–Trinajstić information content (AvgIpc) is 2.82. The molecule has 0 N–H and O–H groups in total. The van der Waals surface area contributed by atoms with Crippen molar-refractivity contribution in [3.63, 3.8) is 0 Å². The minimum Gasteiger partial charge on any atom is -0.490 e. The van der Waals surface area contributed by atoms with Crippen molar-refractivity contribution >= 4 is 61.6 Å². The maximum absolute atomic E-state index is 13.3. The standard InChI is InChI=1S/C26H29BrIN3O5/c1-5-7-8-23-30-21-10-9-18(27)13-19(21)26(33)31(23)29-14-17-11-20(28)25(22(12-17)34-6-2)35-15-24(32)36-16(3)4/h9-14,16H,5-8,15H2,1-4H3. The number of aryl methyl sites for hydroxylation is 1. The van der Waals surface area contributed by atoms with Crippen molar-refractivity contribution in [2.45, 2.75) is 53.1 Å². The van der Waals surface area contributed by atoms with E-state index in [1.807, 2.05) is 25.1 Å². The molecule has 8 nitrogen and oxygen atoms in total. The number of carbonyl (C=O) groups is 1. The number of unbranched alkanes of at least 4 members (excludes halogenated alkanes) is 1. The van der Waals surface area contributed by atoms with E-state index in [4.69, 9.17) is 19.2 Å². The van der Waals surface area contributed by atoms with Crippen molar-refractivity contribution in [1.82, 2.24) is 9.66 Å². The van der Waals surface area contributed by atoms with E-state index in [1.54, 1.807) is 32.2 Å². The molecule has 0 saturated carbocycles.